The largest absolute Gasteiger partial charge is 0.478 e. The fourth-order valence-corrected chi connectivity index (χ4v) is 5.67. The Bertz CT molecular complexity index is 1090. The maximum atomic E-state index is 13.6. The lowest BCUT2D eigenvalue weighted by molar-refractivity contribution is -0.152. The predicted molar refractivity (Wildman–Crippen MR) is 119 cm³/mol. The molecule has 1 unspecified atom stereocenters. The van der Waals surface area contributed by atoms with Crippen LogP contribution in [0.5, 0.6) is 0 Å². The van der Waals surface area contributed by atoms with Gasteiger partial charge in [0.15, 0.2) is 0 Å². The Labute approximate surface area is 196 Å². The lowest BCUT2D eigenvalue weighted by Crippen LogP contribution is -2.34. The van der Waals surface area contributed by atoms with Gasteiger partial charge in [0.25, 0.3) is 0 Å². The Hall–Kier alpha value is -2.83. The van der Waals surface area contributed by atoms with Crippen molar-refractivity contribution in [2.45, 2.75) is 75.0 Å². The van der Waals surface area contributed by atoms with Crippen LogP contribution in [0, 0.1) is 5.92 Å². The first-order valence-electron chi connectivity index (χ1n) is 11.9. The van der Waals surface area contributed by atoms with E-state index in [2.05, 4.69) is 0 Å². The van der Waals surface area contributed by atoms with Gasteiger partial charge >= 0.3 is 18.1 Å². The molecule has 180 valence electrons. The predicted octanol–water partition coefficient (Wildman–Crippen LogP) is 6.48. The van der Waals surface area contributed by atoms with Crippen molar-refractivity contribution in [2.75, 3.05) is 0 Å². The fourth-order valence-electron chi connectivity index (χ4n) is 5.67. The van der Waals surface area contributed by atoms with Gasteiger partial charge in [0.05, 0.1) is 17.0 Å². The molecule has 5 rings (SSSR count). The van der Waals surface area contributed by atoms with Crippen LogP contribution in [0.25, 0.3) is 0 Å². The Kier molecular flexibility index (Phi) is 5.69. The quantitative estimate of drug-likeness (QED) is 0.506. The number of ether oxygens (including phenoxy) is 1. The first-order chi connectivity index (χ1) is 16.1. The van der Waals surface area contributed by atoms with Crippen molar-refractivity contribution in [3.63, 3.8) is 0 Å². The number of carbonyl (C=O) groups is 2. The van der Waals surface area contributed by atoms with Crippen LogP contribution >= 0.6 is 0 Å². The molecule has 3 fully saturated rings. The highest BCUT2D eigenvalue weighted by Crippen LogP contribution is 2.49. The zero-order valence-corrected chi connectivity index (χ0v) is 18.7. The lowest BCUT2D eigenvalue weighted by Gasteiger charge is -2.36. The molecule has 1 atom stereocenters. The molecule has 34 heavy (non-hydrogen) atoms. The highest BCUT2D eigenvalue weighted by atomic mass is 19.4. The fraction of sp³-hybridized carbons (Fsp3) is 0.481. The minimum absolute atomic E-state index is 0.0468. The molecule has 2 saturated carbocycles. The molecule has 0 bridgehead atoms. The summed E-state index contributed by atoms with van der Waals surface area (Å²) in [5.41, 5.74) is 1.06. The smallest absolute Gasteiger partial charge is 0.416 e. The highest BCUT2D eigenvalue weighted by Gasteiger charge is 2.49. The average molecular weight is 473 g/mol. The second-order valence-electron chi connectivity index (χ2n) is 10.1. The molecule has 1 saturated heterocycles. The van der Waals surface area contributed by atoms with Crippen LogP contribution in [0.2, 0.25) is 0 Å². The van der Waals surface area contributed by atoms with E-state index in [1.54, 1.807) is 18.2 Å². The third kappa shape index (κ3) is 4.57. The van der Waals surface area contributed by atoms with Gasteiger partial charge in [-0.15, -0.1) is 0 Å². The summed E-state index contributed by atoms with van der Waals surface area (Å²) >= 11 is 0. The Morgan fingerprint density at radius 1 is 1.03 bits per heavy atom. The van der Waals surface area contributed by atoms with E-state index >= 15 is 0 Å². The number of halogens is 3. The van der Waals surface area contributed by atoms with Crippen molar-refractivity contribution in [1.82, 2.24) is 0 Å². The van der Waals surface area contributed by atoms with E-state index in [1.807, 2.05) is 6.07 Å². The minimum atomic E-state index is -4.33. The number of benzene rings is 2. The second kappa shape index (κ2) is 8.43. The van der Waals surface area contributed by atoms with E-state index in [0.717, 1.165) is 36.8 Å². The number of carboxylic acid groups (broad SMARTS) is 1. The van der Waals surface area contributed by atoms with Gasteiger partial charge in [0.2, 0.25) is 0 Å². The SMILES string of the molecule is O=C(O)c1ccc(C2CC3(CCC(Cc4ccc(C5CC5)c(C(F)(F)F)c4)CC3)OC2=O)cc1. The first-order valence-corrected chi connectivity index (χ1v) is 11.9. The number of rotatable bonds is 5. The molecule has 0 aromatic heterocycles. The van der Waals surface area contributed by atoms with Crippen molar-refractivity contribution >= 4 is 11.9 Å². The number of carbonyl (C=O) groups excluding carboxylic acids is 1. The number of carboxylic acids is 1. The molecule has 1 aliphatic heterocycles. The summed E-state index contributed by atoms with van der Waals surface area (Å²) in [6.45, 7) is 0. The van der Waals surface area contributed by atoms with Gasteiger partial charge in [-0.1, -0.05) is 24.3 Å². The molecule has 1 spiro atoms. The number of aromatic carboxylic acids is 1. The van der Waals surface area contributed by atoms with E-state index in [4.69, 9.17) is 9.84 Å². The average Bonchev–Trinajstić information content (AvgIpc) is 3.59. The molecule has 0 radical (unpaired) electrons. The van der Waals surface area contributed by atoms with E-state index in [0.29, 0.717) is 31.2 Å². The summed E-state index contributed by atoms with van der Waals surface area (Å²) in [5.74, 6) is -1.41. The van der Waals surface area contributed by atoms with Crippen LogP contribution in [-0.2, 0) is 22.1 Å². The van der Waals surface area contributed by atoms with Crippen molar-refractivity contribution in [2.24, 2.45) is 5.92 Å². The Morgan fingerprint density at radius 2 is 1.71 bits per heavy atom. The molecular weight excluding hydrogens is 445 g/mol. The normalized spacial score (nSPS) is 27.1. The number of hydrogen-bond acceptors (Lipinski definition) is 3. The molecule has 2 aromatic rings. The monoisotopic (exact) mass is 472 g/mol. The molecule has 1 heterocycles. The van der Waals surface area contributed by atoms with E-state index in [9.17, 15) is 22.8 Å². The first kappa shape index (κ1) is 22.9. The van der Waals surface area contributed by atoms with Crippen molar-refractivity contribution in [1.29, 1.82) is 0 Å². The number of hydrogen-bond donors (Lipinski definition) is 1. The topological polar surface area (TPSA) is 63.6 Å². The Morgan fingerprint density at radius 3 is 2.29 bits per heavy atom. The summed E-state index contributed by atoms with van der Waals surface area (Å²) < 4.78 is 46.6. The summed E-state index contributed by atoms with van der Waals surface area (Å²) in [4.78, 5) is 23.7. The van der Waals surface area contributed by atoms with E-state index in [-0.39, 0.29) is 23.4 Å². The van der Waals surface area contributed by atoms with Crippen LogP contribution in [0.4, 0.5) is 13.2 Å². The second-order valence-corrected chi connectivity index (χ2v) is 10.1. The molecule has 4 nitrogen and oxygen atoms in total. The van der Waals surface area contributed by atoms with Gasteiger partial charge in [-0.2, -0.15) is 13.2 Å². The summed E-state index contributed by atoms with van der Waals surface area (Å²) in [7, 11) is 0. The van der Waals surface area contributed by atoms with Crippen molar-refractivity contribution in [3.05, 3.63) is 70.3 Å². The van der Waals surface area contributed by atoms with E-state index < -0.39 is 29.2 Å². The number of alkyl halides is 3. The zero-order chi connectivity index (χ0) is 24.1. The molecule has 1 N–H and O–H groups in total. The summed E-state index contributed by atoms with van der Waals surface area (Å²) in [5, 5.41) is 9.07. The van der Waals surface area contributed by atoms with Gasteiger partial charge in [-0.05, 0) is 91.7 Å². The number of esters is 1. The lowest BCUT2D eigenvalue weighted by atomic mass is 9.73. The van der Waals surface area contributed by atoms with Gasteiger partial charge < -0.3 is 9.84 Å². The maximum Gasteiger partial charge on any atom is 0.416 e. The minimum Gasteiger partial charge on any atom is -0.478 e. The van der Waals surface area contributed by atoms with Crippen LogP contribution in [0.3, 0.4) is 0 Å². The van der Waals surface area contributed by atoms with Crippen molar-refractivity contribution < 1.29 is 32.6 Å². The molecule has 2 aliphatic carbocycles. The highest BCUT2D eigenvalue weighted by molar-refractivity contribution is 5.88. The van der Waals surface area contributed by atoms with Crippen LogP contribution in [-0.4, -0.2) is 22.6 Å². The van der Waals surface area contributed by atoms with Crippen LogP contribution in [0.15, 0.2) is 42.5 Å². The summed E-state index contributed by atoms with van der Waals surface area (Å²) in [6, 6.07) is 11.2. The van der Waals surface area contributed by atoms with Crippen molar-refractivity contribution in [3.8, 4) is 0 Å². The third-order valence-electron chi connectivity index (χ3n) is 7.72. The molecule has 3 aliphatic rings. The standard InChI is InChI=1S/C27H27F3O4/c28-27(29,30)23-14-17(1-8-21(23)18-2-3-18)13-16-9-11-26(12-10-16)15-22(25(33)34-26)19-4-6-20(7-5-19)24(31)32/h1,4-8,14,16,18,22H,2-3,9-13,15H2,(H,31,32). The van der Waals surface area contributed by atoms with Crippen LogP contribution < -0.4 is 0 Å². The molecular formula is C27H27F3O4. The molecule has 2 aromatic carbocycles. The van der Waals surface area contributed by atoms with Gasteiger partial charge in [-0.25, -0.2) is 4.79 Å². The maximum absolute atomic E-state index is 13.6. The van der Waals surface area contributed by atoms with Gasteiger partial charge in [0, 0.05) is 6.42 Å². The van der Waals surface area contributed by atoms with Gasteiger partial charge in [0.1, 0.15) is 5.60 Å². The van der Waals surface area contributed by atoms with Gasteiger partial charge in [-0.3, -0.25) is 4.79 Å². The molecule has 7 heteroatoms. The summed E-state index contributed by atoms with van der Waals surface area (Å²) in [6.07, 6.45) is 1.46. The zero-order valence-electron chi connectivity index (χ0n) is 18.7. The molecule has 0 amide bonds. The van der Waals surface area contributed by atoms with Crippen LogP contribution in [0.1, 0.15) is 89.4 Å². The Balaban J connectivity index is 1.23. The third-order valence-corrected chi connectivity index (χ3v) is 7.72. The van der Waals surface area contributed by atoms with E-state index in [1.165, 1.54) is 18.2 Å².